The van der Waals surface area contributed by atoms with Crippen LogP contribution < -0.4 is 10.2 Å². The zero-order chi connectivity index (χ0) is 27.0. The summed E-state index contributed by atoms with van der Waals surface area (Å²) in [5, 5.41) is 11.3. The summed E-state index contributed by atoms with van der Waals surface area (Å²) >= 11 is 0. The van der Waals surface area contributed by atoms with E-state index >= 15 is 0 Å². The third kappa shape index (κ3) is 8.66. The molecule has 2 N–H and O–H groups in total. The first-order valence-electron chi connectivity index (χ1n) is 12.1. The van der Waals surface area contributed by atoms with Crippen molar-refractivity contribution in [2.24, 2.45) is 5.92 Å². The van der Waals surface area contributed by atoms with Gasteiger partial charge >= 0.3 is 12.1 Å². The monoisotopic (exact) mass is 512 g/mol. The van der Waals surface area contributed by atoms with E-state index in [0.717, 1.165) is 35.4 Å². The van der Waals surface area contributed by atoms with Crippen LogP contribution in [-0.4, -0.2) is 23.5 Å². The molecule has 0 fully saturated rings. The zero-order valence-corrected chi connectivity index (χ0v) is 20.9. The molecule has 37 heavy (non-hydrogen) atoms. The van der Waals surface area contributed by atoms with Crippen molar-refractivity contribution in [3.63, 3.8) is 0 Å². The number of nitrogens with zero attached hydrogens (tertiary/aromatic N) is 1. The molecule has 0 unspecified atom stereocenters. The van der Waals surface area contributed by atoms with E-state index in [1.165, 1.54) is 17.7 Å². The molecule has 8 heteroatoms. The largest absolute Gasteiger partial charge is 0.481 e. The molecule has 0 saturated heterocycles. The van der Waals surface area contributed by atoms with Gasteiger partial charge in [0.05, 0.1) is 12.0 Å². The minimum absolute atomic E-state index is 0.0305. The molecule has 3 rings (SSSR count). The highest BCUT2D eigenvalue weighted by atomic mass is 19.4. The summed E-state index contributed by atoms with van der Waals surface area (Å²) in [5.41, 5.74) is 3.51. The first kappa shape index (κ1) is 27.8. The SMILES string of the molecule is CC(C)Cc1ccc(CN(Cc2ccc(C(F)(F)F)cc2)c2ccc(C(=O)NCCC(=O)O)cc2)cc1. The summed E-state index contributed by atoms with van der Waals surface area (Å²) in [6.07, 6.45) is -3.58. The summed E-state index contributed by atoms with van der Waals surface area (Å²) in [6, 6.07) is 20.3. The van der Waals surface area contributed by atoms with Crippen LogP contribution in [0.25, 0.3) is 0 Å². The lowest BCUT2D eigenvalue weighted by molar-refractivity contribution is -0.138. The lowest BCUT2D eigenvalue weighted by Gasteiger charge is -2.26. The highest BCUT2D eigenvalue weighted by molar-refractivity contribution is 5.94. The number of benzene rings is 3. The summed E-state index contributed by atoms with van der Waals surface area (Å²) in [6.45, 7) is 5.25. The number of hydrogen-bond donors (Lipinski definition) is 2. The molecule has 0 aliphatic carbocycles. The van der Waals surface area contributed by atoms with Gasteiger partial charge in [-0.2, -0.15) is 13.2 Å². The second-order valence-corrected chi connectivity index (χ2v) is 9.41. The molecule has 3 aromatic rings. The van der Waals surface area contributed by atoms with E-state index < -0.39 is 17.7 Å². The van der Waals surface area contributed by atoms with Crippen LogP contribution in [0.15, 0.2) is 72.8 Å². The van der Waals surface area contributed by atoms with Gasteiger partial charge in [-0.25, -0.2) is 0 Å². The molecule has 0 aliphatic rings. The van der Waals surface area contributed by atoms with Crippen molar-refractivity contribution in [3.05, 3.63) is 101 Å². The van der Waals surface area contributed by atoms with Crippen molar-refractivity contribution < 1.29 is 27.9 Å². The van der Waals surface area contributed by atoms with Gasteiger partial charge in [-0.1, -0.05) is 50.2 Å². The van der Waals surface area contributed by atoms with Gasteiger partial charge in [0, 0.05) is 30.9 Å². The van der Waals surface area contributed by atoms with E-state index in [2.05, 4.69) is 43.4 Å². The molecule has 196 valence electrons. The summed E-state index contributed by atoms with van der Waals surface area (Å²) in [7, 11) is 0. The van der Waals surface area contributed by atoms with Crippen LogP contribution in [0.4, 0.5) is 18.9 Å². The van der Waals surface area contributed by atoms with Crippen molar-refractivity contribution in [2.45, 2.75) is 46.0 Å². The fourth-order valence-corrected chi connectivity index (χ4v) is 3.94. The second-order valence-electron chi connectivity index (χ2n) is 9.41. The van der Waals surface area contributed by atoms with E-state index in [0.29, 0.717) is 24.6 Å². The van der Waals surface area contributed by atoms with Gasteiger partial charge in [0.25, 0.3) is 5.91 Å². The number of carbonyl (C=O) groups is 2. The lowest BCUT2D eigenvalue weighted by Crippen LogP contribution is -2.26. The molecule has 3 aromatic carbocycles. The molecule has 5 nitrogen and oxygen atoms in total. The average molecular weight is 513 g/mol. The van der Waals surface area contributed by atoms with Gasteiger partial charge in [0.1, 0.15) is 0 Å². The highest BCUT2D eigenvalue weighted by Crippen LogP contribution is 2.30. The van der Waals surface area contributed by atoms with Crippen LogP contribution in [0.1, 0.15) is 52.9 Å². The fraction of sp³-hybridized carbons (Fsp3) is 0.310. The second kappa shape index (κ2) is 12.4. The van der Waals surface area contributed by atoms with E-state index in [1.807, 2.05) is 4.90 Å². The Hall–Kier alpha value is -3.81. The Kier molecular flexibility index (Phi) is 9.33. The van der Waals surface area contributed by atoms with Gasteiger partial charge in [-0.05, 0) is 65.4 Å². The Balaban J connectivity index is 1.80. The smallest absolute Gasteiger partial charge is 0.416 e. The van der Waals surface area contributed by atoms with Crippen LogP contribution >= 0.6 is 0 Å². The van der Waals surface area contributed by atoms with Crippen LogP contribution in [-0.2, 0) is 30.5 Å². The molecule has 1 amide bonds. The normalized spacial score (nSPS) is 11.4. The van der Waals surface area contributed by atoms with E-state index in [-0.39, 0.29) is 18.9 Å². The minimum Gasteiger partial charge on any atom is -0.481 e. The molecule has 0 saturated carbocycles. The highest BCUT2D eigenvalue weighted by Gasteiger charge is 2.30. The predicted octanol–water partition coefficient (Wildman–Crippen LogP) is 6.32. The summed E-state index contributed by atoms with van der Waals surface area (Å²) in [4.78, 5) is 25.0. The topological polar surface area (TPSA) is 69.6 Å². The zero-order valence-electron chi connectivity index (χ0n) is 20.9. The molecule has 0 spiro atoms. The van der Waals surface area contributed by atoms with Crippen LogP contribution in [0.3, 0.4) is 0 Å². The average Bonchev–Trinajstić information content (AvgIpc) is 2.84. The van der Waals surface area contributed by atoms with E-state index in [9.17, 15) is 22.8 Å². The van der Waals surface area contributed by atoms with Gasteiger partial charge in [-0.3, -0.25) is 9.59 Å². The van der Waals surface area contributed by atoms with Crippen molar-refractivity contribution in [2.75, 3.05) is 11.4 Å². The van der Waals surface area contributed by atoms with E-state index in [4.69, 9.17) is 5.11 Å². The van der Waals surface area contributed by atoms with Crippen LogP contribution in [0.2, 0.25) is 0 Å². The summed E-state index contributed by atoms with van der Waals surface area (Å²) in [5.74, 6) is -0.823. The Morgan fingerprint density at radius 1 is 0.838 bits per heavy atom. The standard InChI is InChI=1S/C29H31F3N2O3/c1-20(2)17-21-3-5-22(6-4-21)18-34(19-23-7-11-25(12-8-23)29(30,31)32)26-13-9-24(10-14-26)28(37)33-16-15-27(35)36/h3-14,20H,15-19H2,1-2H3,(H,33,37)(H,35,36). The molecule has 0 radical (unpaired) electrons. The van der Waals surface area contributed by atoms with Crippen molar-refractivity contribution in [1.29, 1.82) is 0 Å². The molecule has 0 bridgehead atoms. The quantitative estimate of drug-likeness (QED) is 0.316. The van der Waals surface area contributed by atoms with E-state index in [1.54, 1.807) is 24.3 Å². The number of carbonyl (C=O) groups excluding carboxylic acids is 1. The maximum Gasteiger partial charge on any atom is 0.416 e. The van der Waals surface area contributed by atoms with Crippen molar-refractivity contribution >= 4 is 17.6 Å². The van der Waals surface area contributed by atoms with Gasteiger partial charge in [-0.15, -0.1) is 0 Å². The van der Waals surface area contributed by atoms with Gasteiger partial charge < -0.3 is 15.3 Å². The molecular weight excluding hydrogens is 481 g/mol. The number of rotatable bonds is 11. The predicted molar refractivity (Wildman–Crippen MR) is 137 cm³/mol. The number of carboxylic acid groups (broad SMARTS) is 1. The number of amides is 1. The number of alkyl halides is 3. The minimum atomic E-state index is -4.39. The third-order valence-electron chi connectivity index (χ3n) is 5.81. The molecule has 0 aromatic heterocycles. The third-order valence-corrected chi connectivity index (χ3v) is 5.81. The van der Waals surface area contributed by atoms with Crippen LogP contribution in [0.5, 0.6) is 0 Å². The van der Waals surface area contributed by atoms with Crippen LogP contribution in [0, 0.1) is 5.92 Å². The number of anilines is 1. The molecule has 0 heterocycles. The number of halogens is 3. The fourth-order valence-electron chi connectivity index (χ4n) is 3.94. The lowest BCUT2D eigenvalue weighted by atomic mass is 10.0. The molecule has 0 atom stereocenters. The Labute approximate surface area is 214 Å². The molecular formula is C29H31F3N2O3. The number of hydrogen-bond acceptors (Lipinski definition) is 3. The number of nitrogens with one attached hydrogen (secondary N) is 1. The number of aliphatic carboxylic acids is 1. The first-order chi connectivity index (χ1) is 17.5. The maximum atomic E-state index is 13.0. The Bertz CT molecular complexity index is 1170. The first-order valence-corrected chi connectivity index (χ1v) is 12.1. The van der Waals surface area contributed by atoms with Crippen molar-refractivity contribution in [1.82, 2.24) is 5.32 Å². The van der Waals surface area contributed by atoms with Gasteiger partial charge in [0.2, 0.25) is 0 Å². The number of carboxylic acids is 1. The van der Waals surface area contributed by atoms with Crippen molar-refractivity contribution in [3.8, 4) is 0 Å². The van der Waals surface area contributed by atoms with Gasteiger partial charge in [0.15, 0.2) is 0 Å². The maximum absolute atomic E-state index is 13.0. The summed E-state index contributed by atoms with van der Waals surface area (Å²) < 4.78 is 39.0. The Morgan fingerprint density at radius 2 is 1.35 bits per heavy atom. The Morgan fingerprint density at radius 3 is 1.84 bits per heavy atom. The molecule has 0 aliphatic heterocycles.